The highest BCUT2D eigenvalue weighted by atomic mass is 16.5. The van der Waals surface area contributed by atoms with Gasteiger partial charge in [0.05, 0.1) is 13.2 Å². The molecule has 0 spiro atoms. The van der Waals surface area contributed by atoms with Crippen molar-refractivity contribution in [1.82, 2.24) is 0 Å². The van der Waals surface area contributed by atoms with Gasteiger partial charge in [0.25, 0.3) is 0 Å². The van der Waals surface area contributed by atoms with Crippen LogP contribution in [0.5, 0.6) is 0 Å². The van der Waals surface area contributed by atoms with Gasteiger partial charge in [-0.1, -0.05) is 60.7 Å². The summed E-state index contributed by atoms with van der Waals surface area (Å²) in [7, 11) is 0. The normalized spacial score (nSPS) is 12.0. The fraction of sp³-hybridized carbons (Fsp3) is 0.278. The van der Waals surface area contributed by atoms with Gasteiger partial charge >= 0.3 is 0 Å². The first-order valence-electron chi connectivity index (χ1n) is 7.16. The van der Waals surface area contributed by atoms with Crippen LogP contribution in [0.2, 0.25) is 0 Å². The third-order valence-electron chi connectivity index (χ3n) is 3.12. The zero-order valence-electron chi connectivity index (χ0n) is 12.2. The molecule has 2 rings (SSSR count). The van der Waals surface area contributed by atoms with E-state index in [0.29, 0.717) is 25.4 Å². The summed E-state index contributed by atoms with van der Waals surface area (Å²) in [5.41, 5.74) is 1.52. The van der Waals surface area contributed by atoms with E-state index in [1.54, 1.807) is 0 Å². The molecule has 0 heterocycles. The Balaban J connectivity index is 2.14. The second-order valence-corrected chi connectivity index (χ2v) is 4.59. The van der Waals surface area contributed by atoms with E-state index in [-0.39, 0.29) is 5.78 Å². The molecule has 1 atom stereocenters. The maximum atomic E-state index is 12.6. The summed E-state index contributed by atoms with van der Waals surface area (Å²) in [6.07, 6.45) is -0.589. The summed E-state index contributed by atoms with van der Waals surface area (Å²) in [5.74, 6) is -0.0294. The van der Waals surface area contributed by atoms with E-state index in [1.807, 2.05) is 67.6 Å². The molecule has 0 aliphatic carbocycles. The number of carbonyl (C=O) groups excluding carboxylic acids is 1. The molecule has 0 saturated carbocycles. The molecule has 0 fully saturated rings. The molecule has 2 aromatic rings. The first kappa shape index (κ1) is 15.4. The highest BCUT2D eigenvalue weighted by molar-refractivity contribution is 6.00. The second-order valence-electron chi connectivity index (χ2n) is 4.59. The molecule has 1 unspecified atom stereocenters. The monoisotopic (exact) mass is 284 g/mol. The summed E-state index contributed by atoms with van der Waals surface area (Å²) in [5, 5.41) is 0. The molecule has 0 aliphatic rings. The third kappa shape index (κ3) is 4.52. The molecule has 0 N–H and O–H groups in total. The largest absolute Gasteiger partial charge is 0.379 e. The summed E-state index contributed by atoms with van der Waals surface area (Å²) in [6, 6.07) is 18.8. The van der Waals surface area contributed by atoms with Crippen LogP contribution in [0.1, 0.15) is 28.9 Å². The van der Waals surface area contributed by atoms with Crippen molar-refractivity contribution in [3.8, 4) is 0 Å². The quantitative estimate of drug-likeness (QED) is 0.548. The van der Waals surface area contributed by atoms with Gasteiger partial charge in [0, 0.05) is 12.2 Å². The van der Waals surface area contributed by atoms with Crippen molar-refractivity contribution < 1.29 is 14.3 Å². The Hall–Kier alpha value is -1.97. The standard InChI is InChI=1S/C18H20O3/c1-2-20-13-14-21-18(16-11-7-4-8-12-16)17(19)15-9-5-3-6-10-15/h3-12,18H,2,13-14H2,1H3. The van der Waals surface area contributed by atoms with E-state index in [0.717, 1.165) is 5.56 Å². The number of rotatable bonds is 8. The highest BCUT2D eigenvalue weighted by Gasteiger charge is 2.22. The fourth-order valence-electron chi connectivity index (χ4n) is 2.07. The minimum Gasteiger partial charge on any atom is -0.379 e. The molecule has 0 radical (unpaired) electrons. The lowest BCUT2D eigenvalue weighted by molar-refractivity contribution is 0.0105. The Morgan fingerprint density at radius 3 is 2.19 bits per heavy atom. The van der Waals surface area contributed by atoms with Crippen LogP contribution in [0.4, 0.5) is 0 Å². The predicted octanol–water partition coefficient (Wildman–Crippen LogP) is 3.66. The van der Waals surface area contributed by atoms with Gasteiger partial charge in [-0.3, -0.25) is 4.79 Å². The lowest BCUT2D eigenvalue weighted by Crippen LogP contribution is -2.18. The molecule has 2 aromatic carbocycles. The van der Waals surface area contributed by atoms with Crippen molar-refractivity contribution in [3.05, 3.63) is 71.8 Å². The Kier molecular flexibility index (Phi) is 6.13. The number of hydrogen-bond acceptors (Lipinski definition) is 3. The van der Waals surface area contributed by atoms with E-state index in [4.69, 9.17) is 9.47 Å². The molecule has 0 amide bonds. The maximum absolute atomic E-state index is 12.6. The lowest BCUT2D eigenvalue weighted by Gasteiger charge is -2.17. The van der Waals surface area contributed by atoms with Gasteiger partial charge in [-0.15, -0.1) is 0 Å². The minimum atomic E-state index is -0.589. The minimum absolute atomic E-state index is 0.0294. The first-order chi connectivity index (χ1) is 10.3. The van der Waals surface area contributed by atoms with Crippen molar-refractivity contribution in [2.75, 3.05) is 19.8 Å². The van der Waals surface area contributed by atoms with Gasteiger partial charge < -0.3 is 9.47 Å². The van der Waals surface area contributed by atoms with E-state index in [2.05, 4.69) is 0 Å². The fourth-order valence-corrected chi connectivity index (χ4v) is 2.07. The van der Waals surface area contributed by atoms with E-state index in [9.17, 15) is 4.79 Å². The Morgan fingerprint density at radius 2 is 1.57 bits per heavy atom. The third-order valence-corrected chi connectivity index (χ3v) is 3.12. The average molecular weight is 284 g/mol. The predicted molar refractivity (Wildman–Crippen MR) is 82.4 cm³/mol. The zero-order chi connectivity index (χ0) is 14.9. The number of hydrogen-bond donors (Lipinski definition) is 0. The van der Waals surface area contributed by atoms with Crippen molar-refractivity contribution in [3.63, 3.8) is 0 Å². The van der Waals surface area contributed by atoms with Gasteiger partial charge in [-0.05, 0) is 12.5 Å². The number of ketones is 1. The topological polar surface area (TPSA) is 35.5 Å². The number of ether oxygens (including phenoxy) is 2. The smallest absolute Gasteiger partial charge is 0.196 e. The SMILES string of the molecule is CCOCCOC(C(=O)c1ccccc1)c1ccccc1. The molecule has 3 nitrogen and oxygen atoms in total. The first-order valence-corrected chi connectivity index (χ1v) is 7.16. The maximum Gasteiger partial charge on any atom is 0.196 e. The highest BCUT2D eigenvalue weighted by Crippen LogP contribution is 2.22. The average Bonchev–Trinajstić information content (AvgIpc) is 2.56. The van der Waals surface area contributed by atoms with E-state index < -0.39 is 6.10 Å². The number of benzene rings is 2. The van der Waals surface area contributed by atoms with Crippen LogP contribution < -0.4 is 0 Å². The summed E-state index contributed by atoms with van der Waals surface area (Å²) in [4.78, 5) is 12.6. The van der Waals surface area contributed by atoms with Gasteiger partial charge in [0.1, 0.15) is 6.10 Å². The van der Waals surface area contributed by atoms with Gasteiger partial charge in [-0.25, -0.2) is 0 Å². The van der Waals surface area contributed by atoms with E-state index in [1.165, 1.54) is 0 Å². The van der Waals surface area contributed by atoms with Gasteiger partial charge in [-0.2, -0.15) is 0 Å². The molecular weight excluding hydrogens is 264 g/mol. The molecule has 21 heavy (non-hydrogen) atoms. The van der Waals surface area contributed by atoms with Crippen molar-refractivity contribution in [2.45, 2.75) is 13.0 Å². The number of Topliss-reactive ketones (excluding diaryl/α,β-unsaturated/α-hetero) is 1. The molecule has 0 aliphatic heterocycles. The summed E-state index contributed by atoms with van der Waals surface area (Å²) in [6.45, 7) is 3.46. The molecule has 0 aromatic heterocycles. The van der Waals surface area contributed by atoms with Crippen molar-refractivity contribution in [2.24, 2.45) is 0 Å². The van der Waals surface area contributed by atoms with Crippen LogP contribution in [0.15, 0.2) is 60.7 Å². The molecule has 0 saturated heterocycles. The van der Waals surface area contributed by atoms with Crippen molar-refractivity contribution >= 4 is 5.78 Å². The second kappa shape index (κ2) is 8.35. The Labute approximate surface area is 125 Å². The molecule has 3 heteroatoms. The Bertz CT molecular complexity index is 537. The zero-order valence-corrected chi connectivity index (χ0v) is 12.2. The van der Waals surface area contributed by atoms with Crippen molar-refractivity contribution in [1.29, 1.82) is 0 Å². The van der Waals surface area contributed by atoms with E-state index >= 15 is 0 Å². The van der Waals surface area contributed by atoms with Crippen LogP contribution in [0.3, 0.4) is 0 Å². The summed E-state index contributed by atoms with van der Waals surface area (Å²) >= 11 is 0. The Morgan fingerprint density at radius 1 is 0.952 bits per heavy atom. The van der Waals surface area contributed by atoms with Crippen LogP contribution in [-0.4, -0.2) is 25.6 Å². The van der Waals surface area contributed by atoms with Crippen LogP contribution in [0, 0.1) is 0 Å². The molecule has 110 valence electrons. The van der Waals surface area contributed by atoms with Crippen LogP contribution in [0.25, 0.3) is 0 Å². The van der Waals surface area contributed by atoms with Gasteiger partial charge in [0.2, 0.25) is 0 Å². The number of carbonyl (C=O) groups is 1. The summed E-state index contributed by atoms with van der Waals surface area (Å²) < 4.78 is 11.0. The lowest BCUT2D eigenvalue weighted by atomic mass is 10.00. The van der Waals surface area contributed by atoms with Crippen LogP contribution in [-0.2, 0) is 9.47 Å². The molecular formula is C18H20O3. The van der Waals surface area contributed by atoms with Crippen LogP contribution >= 0.6 is 0 Å². The molecule has 0 bridgehead atoms. The van der Waals surface area contributed by atoms with Gasteiger partial charge in [0.15, 0.2) is 5.78 Å².